The summed E-state index contributed by atoms with van der Waals surface area (Å²) in [6.07, 6.45) is 0. The number of nitrogen functional groups attached to an aromatic ring is 1. The van der Waals surface area contributed by atoms with Crippen LogP contribution in [-0.4, -0.2) is 34.1 Å². The zero-order valence-corrected chi connectivity index (χ0v) is 12.3. The number of pyridine rings is 1. The predicted molar refractivity (Wildman–Crippen MR) is 86.4 cm³/mol. The van der Waals surface area contributed by atoms with E-state index in [1.54, 1.807) is 0 Å². The molecule has 1 aliphatic heterocycles. The molecule has 0 spiro atoms. The van der Waals surface area contributed by atoms with E-state index in [4.69, 9.17) is 5.73 Å². The lowest BCUT2D eigenvalue weighted by Gasteiger charge is -2.20. The van der Waals surface area contributed by atoms with E-state index in [9.17, 15) is 4.79 Å². The minimum Gasteiger partial charge on any atom is -0.398 e. The maximum Gasteiger partial charge on any atom is 0.262 e. The second-order valence-electron chi connectivity index (χ2n) is 5.51. The Morgan fingerprint density at radius 2 is 2.00 bits per heavy atom. The quantitative estimate of drug-likeness (QED) is 0.629. The van der Waals surface area contributed by atoms with Gasteiger partial charge in [0.25, 0.3) is 5.56 Å². The van der Waals surface area contributed by atoms with Crippen LogP contribution in [0.1, 0.15) is 5.56 Å². The Morgan fingerprint density at radius 3 is 2.77 bits per heavy atom. The van der Waals surface area contributed by atoms with Crippen molar-refractivity contribution >= 4 is 22.5 Å². The highest BCUT2D eigenvalue weighted by Gasteiger charge is 2.28. The van der Waals surface area contributed by atoms with Gasteiger partial charge in [0, 0.05) is 26.2 Å². The molecule has 0 amide bonds. The lowest BCUT2D eigenvalue weighted by molar-refractivity contribution is 0.344. The van der Waals surface area contributed by atoms with Gasteiger partial charge in [-0.25, -0.2) is 9.99 Å². The molecule has 7 heteroatoms. The molecule has 0 saturated carbocycles. The van der Waals surface area contributed by atoms with E-state index >= 15 is 0 Å². The van der Waals surface area contributed by atoms with Crippen LogP contribution in [0.15, 0.2) is 29.1 Å². The third-order valence-corrected chi connectivity index (χ3v) is 4.19. The number of H-pyrrole nitrogens is 2. The SMILES string of the molecule is CN1Cc2c([nH]c(=O)c(-c3nc4ccccc4[nH]3)c2N)N1C. The summed E-state index contributed by atoms with van der Waals surface area (Å²) < 4.78 is 0. The smallest absolute Gasteiger partial charge is 0.262 e. The third-order valence-electron chi connectivity index (χ3n) is 4.19. The zero-order chi connectivity index (χ0) is 15.4. The Kier molecular flexibility index (Phi) is 2.55. The number of imidazole rings is 1. The molecule has 4 rings (SSSR count). The van der Waals surface area contributed by atoms with Gasteiger partial charge in [-0.05, 0) is 12.1 Å². The molecule has 2 aromatic heterocycles. The average Bonchev–Trinajstić information content (AvgIpc) is 3.03. The van der Waals surface area contributed by atoms with Gasteiger partial charge in [-0.2, -0.15) is 0 Å². The predicted octanol–water partition coefficient (Wildman–Crippen LogP) is 1.30. The summed E-state index contributed by atoms with van der Waals surface area (Å²) in [4.78, 5) is 23.1. The molecule has 112 valence electrons. The van der Waals surface area contributed by atoms with Crippen LogP contribution in [0.25, 0.3) is 22.4 Å². The molecule has 0 radical (unpaired) electrons. The number of hydrogen-bond donors (Lipinski definition) is 3. The normalized spacial score (nSPS) is 14.7. The number of aromatic nitrogens is 3. The minimum absolute atomic E-state index is 0.238. The Balaban J connectivity index is 1.97. The Hall–Kier alpha value is -2.80. The number of nitrogens with zero attached hydrogens (tertiary/aromatic N) is 3. The number of anilines is 2. The second-order valence-corrected chi connectivity index (χ2v) is 5.51. The number of hydrogen-bond acceptors (Lipinski definition) is 5. The molecule has 1 aromatic carbocycles. The maximum absolute atomic E-state index is 12.5. The van der Waals surface area contributed by atoms with Crippen molar-refractivity contribution in [3.63, 3.8) is 0 Å². The second kappa shape index (κ2) is 4.35. The van der Waals surface area contributed by atoms with Gasteiger partial charge >= 0.3 is 0 Å². The van der Waals surface area contributed by atoms with Crippen molar-refractivity contribution in [3.8, 4) is 11.4 Å². The lowest BCUT2D eigenvalue weighted by Crippen LogP contribution is -2.31. The van der Waals surface area contributed by atoms with Crippen molar-refractivity contribution in [3.05, 3.63) is 40.2 Å². The van der Waals surface area contributed by atoms with Crippen LogP contribution in [-0.2, 0) is 6.54 Å². The van der Waals surface area contributed by atoms with Crippen LogP contribution in [0.2, 0.25) is 0 Å². The highest BCUT2D eigenvalue weighted by atomic mass is 16.1. The monoisotopic (exact) mass is 296 g/mol. The number of para-hydroxylation sites is 2. The summed E-state index contributed by atoms with van der Waals surface area (Å²) in [5.41, 5.74) is 9.53. The molecule has 3 heterocycles. The number of benzene rings is 1. The Bertz CT molecular complexity index is 908. The van der Waals surface area contributed by atoms with Crippen LogP contribution >= 0.6 is 0 Å². The molecular formula is C15H16N6O. The van der Waals surface area contributed by atoms with E-state index in [0.717, 1.165) is 22.4 Å². The number of nitrogens with two attached hydrogens (primary N) is 1. The first kappa shape index (κ1) is 12.9. The lowest BCUT2D eigenvalue weighted by atomic mass is 10.1. The largest absolute Gasteiger partial charge is 0.398 e. The number of rotatable bonds is 1. The summed E-state index contributed by atoms with van der Waals surface area (Å²) in [5.74, 6) is 1.24. The van der Waals surface area contributed by atoms with E-state index in [2.05, 4.69) is 15.0 Å². The minimum atomic E-state index is -0.238. The van der Waals surface area contributed by atoms with Gasteiger partial charge < -0.3 is 15.7 Å². The average molecular weight is 296 g/mol. The van der Waals surface area contributed by atoms with Gasteiger partial charge in [0.05, 0.1) is 16.7 Å². The highest BCUT2D eigenvalue weighted by molar-refractivity contribution is 5.84. The van der Waals surface area contributed by atoms with Gasteiger partial charge in [-0.15, -0.1) is 0 Å². The number of nitrogens with one attached hydrogen (secondary N) is 2. The van der Waals surface area contributed by atoms with Crippen LogP contribution in [0, 0.1) is 0 Å². The number of fused-ring (bicyclic) bond motifs is 2. The molecule has 0 saturated heterocycles. The van der Waals surface area contributed by atoms with Gasteiger partial charge in [0.1, 0.15) is 17.2 Å². The van der Waals surface area contributed by atoms with Crippen LogP contribution in [0.3, 0.4) is 0 Å². The van der Waals surface area contributed by atoms with Crippen molar-refractivity contribution in [1.29, 1.82) is 0 Å². The Labute approximate surface area is 126 Å². The topological polar surface area (TPSA) is 94.0 Å². The summed E-state index contributed by atoms with van der Waals surface area (Å²) in [7, 11) is 3.83. The molecule has 7 nitrogen and oxygen atoms in total. The van der Waals surface area contributed by atoms with Gasteiger partial charge in [0.2, 0.25) is 0 Å². The van der Waals surface area contributed by atoms with Crippen molar-refractivity contribution < 1.29 is 0 Å². The van der Waals surface area contributed by atoms with E-state index in [1.807, 2.05) is 48.4 Å². The fraction of sp³-hybridized carbons (Fsp3) is 0.200. The first-order valence-corrected chi connectivity index (χ1v) is 7.01. The summed E-state index contributed by atoms with van der Waals surface area (Å²) in [5, 5.41) is 3.87. The first-order valence-electron chi connectivity index (χ1n) is 7.01. The number of hydrazine groups is 1. The first-order chi connectivity index (χ1) is 10.6. The van der Waals surface area contributed by atoms with Crippen LogP contribution in [0.4, 0.5) is 11.5 Å². The van der Waals surface area contributed by atoms with E-state index in [0.29, 0.717) is 23.6 Å². The standard InChI is InChI=1S/C15H16N6O/c1-20-7-8-12(16)11(15(22)19-14(8)21(20)2)13-17-9-5-3-4-6-10(9)18-13/h3-6H,7H2,1-2H3,(H,17,18)(H3,16,19,22). The van der Waals surface area contributed by atoms with Crippen molar-refractivity contribution in [1.82, 2.24) is 20.0 Å². The molecule has 4 N–H and O–H groups in total. The fourth-order valence-electron chi connectivity index (χ4n) is 2.89. The van der Waals surface area contributed by atoms with Gasteiger partial charge in [-0.1, -0.05) is 12.1 Å². The summed E-state index contributed by atoms with van der Waals surface area (Å²) in [6, 6.07) is 7.65. The van der Waals surface area contributed by atoms with Crippen molar-refractivity contribution in [2.45, 2.75) is 6.54 Å². The molecule has 0 atom stereocenters. The third kappa shape index (κ3) is 1.66. The molecule has 1 aliphatic rings. The summed E-state index contributed by atoms with van der Waals surface area (Å²) >= 11 is 0. The maximum atomic E-state index is 12.5. The Morgan fingerprint density at radius 1 is 1.23 bits per heavy atom. The van der Waals surface area contributed by atoms with Crippen LogP contribution in [0.5, 0.6) is 0 Å². The van der Waals surface area contributed by atoms with Gasteiger partial charge in [0.15, 0.2) is 0 Å². The molecule has 0 fully saturated rings. The number of aromatic amines is 2. The van der Waals surface area contributed by atoms with Crippen LogP contribution < -0.4 is 16.3 Å². The molecule has 0 unspecified atom stereocenters. The van der Waals surface area contributed by atoms with Crippen molar-refractivity contribution in [2.24, 2.45) is 0 Å². The fourth-order valence-corrected chi connectivity index (χ4v) is 2.89. The summed E-state index contributed by atoms with van der Waals surface area (Å²) in [6.45, 7) is 0.654. The van der Waals surface area contributed by atoms with E-state index < -0.39 is 0 Å². The molecular weight excluding hydrogens is 280 g/mol. The van der Waals surface area contributed by atoms with Crippen molar-refractivity contribution in [2.75, 3.05) is 24.8 Å². The zero-order valence-electron chi connectivity index (χ0n) is 12.3. The molecule has 0 aliphatic carbocycles. The molecule has 22 heavy (non-hydrogen) atoms. The van der Waals surface area contributed by atoms with E-state index in [-0.39, 0.29) is 5.56 Å². The highest BCUT2D eigenvalue weighted by Crippen LogP contribution is 2.34. The van der Waals surface area contributed by atoms with E-state index in [1.165, 1.54) is 0 Å². The molecule has 0 bridgehead atoms. The van der Waals surface area contributed by atoms with Gasteiger partial charge in [-0.3, -0.25) is 9.80 Å². The molecule has 3 aromatic rings.